The van der Waals surface area contributed by atoms with Crippen molar-refractivity contribution in [2.75, 3.05) is 19.9 Å². The first-order valence-corrected chi connectivity index (χ1v) is 7.87. The van der Waals surface area contributed by atoms with Crippen molar-refractivity contribution in [1.29, 1.82) is 0 Å². The lowest BCUT2D eigenvalue weighted by Crippen LogP contribution is -2.26. The number of nitrogens with two attached hydrogens (primary N) is 1. The monoisotopic (exact) mass is 314 g/mol. The van der Waals surface area contributed by atoms with Crippen molar-refractivity contribution in [3.63, 3.8) is 0 Å². The maximum atomic E-state index is 12.2. The van der Waals surface area contributed by atoms with Crippen molar-refractivity contribution in [3.05, 3.63) is 29.8 Å². The molecule has 0 fully saturated rings. The number of benzene rings is 1. The standard InChI is InChI=1S/C11H14N4O3S2/c1-15(7-8-3-5-9(18-2)6-4-8)20(16,17)11-14-13-10(12)19-11/h3-6H,7H2,1-2H3,(H2,12,13). The van der Waals surface area contributed by atoms with Gasteiger partial charge in [-0.3, -0.25) is 0 Å². The van der Waals surface area contributed by atoms with Crippen LogP contribution in [0, 0.1) is 0 Å². The fourth-order valence-corrected chi connectivity index (χ4v) is 3.66. The molecule has 1 aromatic heterocycles. The Bertz CT molecular complexity index is 682. The summed E-state index contributed by atoms with van der Waals surface area (Å²) < 4.78 is 30.6. The SMILES string of the molecule is COc1ccc(CN(C)S(=O)(=O)c2nnc(N)s2)cc1. The third-order valence-electron chi connectivity index (χ3n) is 2.62. The maximum absolute atomic E-state index is 12.2. The van der Waals surface area contributed by atoms with Gasteiger partial charge in [-0.2, -0.15) is 4.31 Å². The van der Waals surface area contributed by atoms with E-state index in [1.54, 1.807) is 31.4 Å². The van der Waals surface area contributed by atoms with Gasteiger partial charge >= 0.3 is 0 Å². The highest BCUT2D eigenvalue weighted by Gasteiger charge is 2.25. The van der Waals surface area contributed by atoms with Crippen LogP contribution in [0.15, 0.2) is 28.6 Å². The molecule has 1 heterocycles. The van der Waals surface area contributed by atoms with Crippen LogP contribution < -0.4 is 10.5 Å². The van der Waals surface area contributed by atoms with Crippen LogP contribution in [0.2, 0.25) is 0 Å². The predicted molar refractivity (Wildman–Crippen MR) is 76.0 cm³/mol. The molecule has 7 nitrogen and oxygen atoms in total. The van der Waals surface area contributed by atoms with Gasteiger partial charge in [0.2, 0.25) is 9.47 Å². The Balaban J connectivity index is 2.16. The van der Waals surface area contributed by atoms with Crippen LogP contribution in [0.3, 0.4) is 0 Å². The third kappa shape index (κ3) is 3.06. The molecule has 0 saturated heterocycles. The minimum Gasteiger partial charge on any atom is -0.497 e. The van der Waals surface area contributed by atoms with E-state index < -0.39 is 10.0 Å². The van der Waals surface area contributed by atoms with Crippen LogP contribution in [0.25, 0.3) is 0 Å². The number of aromatic nitrogens is 2. The summed E-state index contributed by atoms with van der Waals surface area (Å²) in [4.78, 5) is 0. The summed E-state index contributed by atoms with van der Waals surface area (Å²) in [6.45, 7) is 0.228. The second-order valence-electron chi connectivity index (χ2n) is 4.02. The molecule has 0 amide bonds. The van der Waals surface area contributed by atoms with Crippen molar-refractivity contribution in [1.82, 2.24) is 14.5 Å². The molecular weight excluding hydrogens is 300 g/mol. The van der Waals surface area contributed by atoms with E-state index in [0.29, 0.717) is 0 Å². The molecule has 0 unspecified atom stereocenters. The molecule has 0 aliphatic heterocycles. The van der Waals surface area contributed by atoms with Crippen LogP contribution in [0.5, 0.6) is 5.75 Å². The van der Waals surface area contributed by atoms with Gasteiger partial charge in [0, 0.05) is 13.6 Å². The largest absolute Gasteiger partial charge is 0.497 e. The zero-order valence-corrected chi connectivity index (χ0v) is 12.6. The number of nitrogen functional groups attached to an aromatic ring is 1. The molecule has 0 spiro atoms. The lowest BCUT2D eigenvalue weighted by Gasteiger charge is -2.15. The molecule has 0 radical (unpaired) electrons. The molecule has 0 aliphatic carbocycles. The minimum absolute atomic E-state index is 0.106. The fraction of sp³-hybridized carbons (Fsp3) is 0.273. The van der Waals surface area contributed by atoms with Crippen LogP contribution >= 0.6 is 11.3 Å². The number of anilines is 1. The first-order valence-electron chi connectivity index (χ1n) is 5.61. The first kappa shape index (κ1) is 14.7. The zero-order valence-electron chi connectivity index (χ0n) is 11.0. The number of sulfonamides is 1. The first-order chi connectivity index (χ1) is 9.43. The number of rotatable bonds is 5. The van der Waals surface area contributed by atoms with Crippen molar-refractivity contribution in [2.24, 2.45) is 0 Å². The Kier molecular flexibility index (Phi) is 4.21. The third-order valence-corrected chi connectivity index (χ3v) is 5.52. The van der Waals surface area contributed by atoms with Gasteiger partial charge in [-0.1, -0.05) is 23.5 Å². The zero-order chi connectivity index (χ0) is 14.8. The molecule has 20 heavy (non-hydrogen) atoms. The number of nitrogens with zero attached hydrogens (tertiary/aromatic N) is 3. The van der Waals surface area contributed by atoms with E-state index in [-0.39, 0.29) is 16.0 Å². The van der Waals surface area contributed by atoms with Gasteiger partial charge in [-0.25, -0.2) is 8.42 Å². The van der Waals surface area contributed by atoms with Gasteiger partial charge in [0.05, 0.1) is 7.11 Å². The predicted octanol–water partition coefficient (Wildman–Crippen LogP) is 0.950. The van der Waals surface area contributed by atoms with Crippen LogP contribution in [-0.4, -0.2) is 37.1 Å². The molecule has 2 rings (SSSR count). The summed E-state index contributed by atoms with van der Waals surface area (Å²) in [5.41, 5.74) is 6.25. The fourth-order valence-electron chi connectivity index (χ4n) is 1.53. The van der Waals surface area contributed by atoms with E-state index in [1.165, 1.54) is 11.4 Å². The Morgan fingerprint density at radius 2 is 1.95 bits per heavy atom. The molecule has 9 heteroatoms. The van der Waals surface area contributed by atoms with E-state index in [9.17, 15) is 8.42 Å². The molecular formula is C11H14N4O3S2. The lowest BCUT2D eigenvalue weighted by molar-refractivity contribution is 0.414. The normalized spacial score (nSPS) is 11.8. The van der Waals surface area contributed by atoms with E-state index in [0.717, 1.165) is 22.6 Å². The number of ether oxygens (including phenoxy) is 1. The van der Waals surface area contributed by atoms with Crippen LogP contribution in [-0.2, 0) is 16.6 Å². The Hall–Kier alpha value is -1.71. The highest BCUT2D eigenvalue weighted by atomic mass is 32.2. The smallest absolute Gasteiger partial charge is 0.272 e. The molecule has 0 atom stereocenters. The summed E-state index contributed by atoms with van der Waals surface area (Å²) in [5.74, 6) is 0.719. The quantitative estimate of drug-likeness (QED) is 0.882. The van der Waals surface area contributed by atoms with Crippen molar-refractivity contribution in [3.8, 4) is 5.75 Å². The molecule has 0 saturated carbocycles. The maximum Gasteiger partial charge on any atom is 0.272 e. The van der Waals surface area contributed by atoms with Gasteiger partial charge in [0.1, 0.15) is 5.75 Å². The molecule has 2 aromatic rings. The molecule has 0 bridgehead atoms. The van der Waals surface area contributed by atoms with Gasteiger partial charge in [0.15, 0.2) is 0 Å². The van der Waals surface area contributed by atoms with E-state index in [1.807, 2.05) is 0 Å². The average Bonchev–Trinajstić information content (AvgIpc) is 2.87. The highest BCUT2D eigenvalue weighted by Crippen LogP contribution is 2.22. The molecule has 0 aliphatic rings. The topological polar surface area (TPSA) is 98.4 Å². The summed E-state index contributed by atoms with van der Waals surface area (Å²) in [6, 6.07) is 7.16. The van der Waals surface area contributed by atoms with Crippen LogP contribution in [0.4, 0.5) is 5.13 Å². The number of hydrogen-bond acceptors (Lipinski definition) is 7. The second-order valence-corrected chi connectivity index (χ2v) is 7.24. The van der Waals surface area contributed by atoms with Gasteiger partial charge in [-0.15, -0.1) is 10.2 Å². The molecule has 1 aromatic carbocycles. The van der Waals surface area contributed by atoms with Crippen molar-refractivity contribution < 1.29 is 13.2 Å². The van der Waals surface area contributed by atoms with Gasteiger partial charge in [-0.05, 0) is 17.7 Å². The summed E-state index contributed by atoms with van der Waals surface area (Å²) in [5, 5.41) is 7.22. The Morgan fingerprint density at radius 3 is 2.45 bits per heavy atom. The van der Waals surface area contributed by atoms with E-state index in [4.69, 9.17) is 10.5 Å². The average molecular weight is 314 g/mol. The van der Waals surface area contributed by atoms with Crippen molar-refractivity contribution >= 4 is 26.5 Å². The number of methoxy groups -OCH3 is 1. The Labute approximate surface area is 121 Å². The summed E-state index contributed by atoms with van der Waals surface area (Å²) >= 11 is 0.846. The second kappa shape index (κ2) is 5.73. The van der Waals surface area contributed by atoms with Gasteiger partial charge < -0.3 is 10.5 Å². The highest BCUT2D eigenvalue weighted by molar-refractivity contribution is 7.91. The molecule has 108 valence electrons. The summed E-state index contributed by atoms with van der Waals surface area (Å²) in [7, 11) is -0.607. The lowest BCUT2D eigenvalue weighted by atomic mass is 10.2. The number of hydrogen-bond donors (Lipinski definition) is 1. The van der Waals surface area contributed by atoms with E-state index in [2.05, 4.69) is 10.2 Å². The van der Waals surface area contributed by atoms with E-state index >= 15 is 0 Å². The van der Waals surface area contributed by atoms with Crippen molar-refractivity contribution in [2.45, 2.75) is 10.9 Å². The summed E-state index contributed by atoms with van der Waals surface area (Å²) in [6.07, 6.45) is 0. The Morgan fingerprint density at radius 1 is 1.30 bits per heavy atom. The van der Waals surface area contributed by atoms with Crippen LogP contribution in [0.1, 0.15) is 5.56 Å². The minimum atomic E-state index is -3.67. The van der Waals surface area contributed by atoms with Gasteiger partial charge in [0.25, 0.3) is 10.0 Å². The molecule has 2 N–H and O–H groups in total.